The lowest BCUT2D eigenvalue weighted by Crippen LogP contribution is -2.55. The number of carbonyl (C=O) groups excluding carboxylic acids is 1. The van der Waals surface area contributed by atoms with Crippen LogP contribution in [0.15, 0.2) is 35.5 Å². The predicted molar refractivity (Wildman–Crippen MR) is 98.5 cm³/mol. The van der Waals surface area contributed by atoms with Crippen LogP contribution < -0.4 is 10.7 Å². The molecule has 0 atom stereocenters. The molecule has 31 heavy (non-hydrogen) atoms. The van der Waals surface area contributed by atoms with E-state index in [0.29, 0.717) is 25.2 Å². The summed E-state index contributed by atoms with van der Waals surface area (Å²) in [5.74, 6) is -0.355. The summed E-state index contributed by atoms with van der Waals surface area (Å²) in [4.78, 5) is 18.1. The highest BCUT2D eigenvalue weighted by atomic mass is 19.4. The van der Waals surface area contributed by atoms with Gasteiger partial charge >= 0.3 is 12.4 Å². The Hall–Kier alpha value is -2.76. The van der Waals surface area contributed by atoms with Gasteiger partial charge in [-0.3, -0.25) is 15.2 Å². The minimum atomic E-state index is -4.94. The summed E-state index contributed by atoms with van der Waals surface area (Å²) in [5, 5.41) is 4.51. The van der Waals surface area contributed by atoms with Crippen LogP contribution in [0.5, 0.6) is 0 Å². The standard InChI is InChI=1S/C19H19F6N5O/c20-18(21,22)13-5-12(6-14(7-13)19(23,24)25)16-27-11-30(28-16)3-1-15(31)29-4-2-17(10-29)8-26-9-17/h1,3,5-7,26H,2,4,8-11H2,(H,27,28). The molecule has 2 N–H and O–H groups in total. The molecule has 1 aromatic carbocycles. The number of likely N-dealkylation sites (tertiary alicyclic amines) is 1. The van der Waals surface area contributed by atoms with Crippen molar-refractivity contribution in [3.05, 3.63) is 47.2 Å². The average molecular weight is 447 g/mol. The van der Waals surface area contributed by atoms with Gasteiger partial charge in [0.15, 0.2) is 0 Å². The van der Waals surface area contributed by atoms with Gasteiger partial charge < -0.3 is 10.2 Å². The van der Waals surface area contributed by atoms with E-state index < -0.39 is 23.5 Å². The fraction of sp³-hybridized carbons (Fsp3) is 0.474. The topological polar surface area (TPSA) is 60.0 Å². The Balaban J connectivity index is 1.43. The number of amidine groups is 1. The second-order valence-electron chi connectivity index (χ2n) is 7.95. The molecule has 0 aromatic heterocycles. The zero-order chi connectivity index (χ0) is 22.4. The summed E-state index contributed by atoms with van der Waals surface area (Å²) >= 11 is 0. The van der Waals surface area contributed by atoms with Gasteiger partial charge in [-0.15, -0.1) is 0 Å². The molecule has 12 heteroatoms. The van der Waals surface area contributed by atoms with Crippen molar-refractivity contribution in [3.63, 3.8) is 0 Å². The second kappa shape index (κ2) is 7.43. The van der Waals surface area contributed by atoms with Gasteiger partial charge in [-0.25, -0.2) is 4.99 Å². The molecule has 4 rings (SSSR count). The first-order chi connectivity index (χ1) is 14.5. The highest BCUT2D eigenvalue weighted by Gasteiger charge is 2.44. The van der Waals surface area contributed by atoms with E-state index in [0.717, 1.165) is 19.5 Å². The number of hydrogen-bond acceptors (Lipinski definition) is 5. The molecule has 0 radical (unpaired) electrons. The molecule has 1 aromatic rings. The van der Waals surface area contributed by atoms with E-state index >= 15 is 0 Å². The summed E-state index contributed by atoms with van der Waals surface area (Å²) in [6, 6.07) is 1.28. The maximum Gasteiger partial charge on any atom is 0.416 e. The molecule has 0 saturated carbocycles. The van der Waals surface area contributed by atoms with Crippen molar-refractivity contribution in [1.29, 1.82) is 0 Å². The maximum atomic E-state index is 13.0. The van der Waals surface area contributed by atoms with Gasteiger partial charge in [-0.1, -0.05) is 0 Å². The highest BCUT2D eigenvalue weighted by molar-refractivity contribution is 5.99. The number of carbonyl (C=O) groups is 1. The van der Waals surface area contributed by atoms with Crippen molar-refractivity contribution < 1.29 is 31.1 Å². The smallest absolute Gasteiger partial charge is 0.338 e. The van der Waals surface area contributed by atoms with Crippen molar-refractivity contribution in [2.75, 3.05) is 32.8 Å². The minimum Gasteiger partial charge on any atom is -0.338 e. The number of aliphatic imine (C=N–C) groups is 1. The van der Waals surface area contributed by atoms with E-state index in [1.165, 1.54) is 17.3 Å². The molecule has 3 aliphatic heterocycles. The number of nitrogens with zero attached hydrogens (tertiary/aromatic N) is 3. The molecule has 0 unspecified atom stereocenters. The van der Waals surface area contributed by atoms with Gasteiger partial charge in [0.2, 0.25) is 5.91 Å². The Labute approximate surface area is 173 Å². The fourth-order valence-corrected chi connectivity index (χ4v) is 3.84. The Morgan fingerprint density at radius 1 is 1.06 bits per heavy atom. The first kappa shape index (κ1) is 21.5. The molecule has 0 bridgehead atoms. The van der Waals surface area contributed by atoms with E-state index in [-0.39, 0.29) is 35.5 Å². The molecular formula is C19H19F6N5O. The van der Waals surface area contributed by atoms with E-state index in [4.69, 9.17) is 0 Å². The molecule has 168 valence electrons. The zero-order valence-corrected chi connectivity index (χ0v) is 16.1. The summed E-state index contributed by atoms with van der Waals surface area (Å²) in [5.41, 5.74) is -0.404. The van der Waals surface area contributed by atoms with Gasteiger partial charge in [-0.05, 0) is 24.6 Å². The van der Waals surface area contributed by atoms with Gasteiger partial charge in [0, 0.05) is 49.4 Å². The van der Waals surface area contributed by atoms with E-state index in [1.54, 1.807) is 4.90 Å². The van der Waals surface area contributed by atoms with Crippen LogP contribution in [-0.2, 0) is 17.1 Å². The number of hydrazine groups is 1. The summed E-state index contributed by atoms with van der Waals surface area (Å²) in [7, 11) is 0. The number of nitrogens with one attached hydrogen (secondary N) is 2. The third-order valence-corrected chi connectivity index (χ3v) is 5.64. The van der Waals surface area contributed by atoms with Gasteiger partial charge in [0.1, 0.15) is 12.5 Å². The predicted octanol–water partition coefficient (Wildman–Crippen LogP) is 2.58. The maximum absolute atomic E-state index is 13.0. The van der Waals surface area contributed by atoms with Crippen molar-refractivity contribution in [2.45, 2.75) is 18.8 Å². The highest BCUT2D eigenvalue weighted by Crippen LogP contribution is 2.37. The van der Waals surface area contributed by atoms with Crippen LogP contribution in [0.2, 0.25) is 0 Å². The third-order valence-electron chi connectivity index (χ3n) is 5.64. The molecule has 2 fully saturated rings. The van der Waals surface area contributed by atoms with Crippen molar-refractivity contribution in [3.8, 4) is 0 Å². The molecule has 2 saturated heterocycles. The van der Waals surface area contributed by atoms with Crippen LogP contribution in [-0.4, -0.2) is 54.5 Å². The second-order valence-corrected chi connectivity index (χ2v) is 7.95. The number of amides is 1. The fourth-order valence-electron chi connectivity index (χ4n) is 3.84. The molecule has 0 aliphatic carbocycles. The summed E-state index contributed by atoms with van der Waals surface area (Å²) < 4.78 is 78.3. The lowest BCUT2D eigenvalue weighted by Gasteiger charge is -2.38. The Bertz CT molecular complexity index is 902. The molecule has 3 heterocycles. The quantitative estimate of drug-likeness (QED) is 0.553. The number of halogens is 6. The van der Waals surface area contributed by atoms with Crippen molar-refractivity contribution >= 4 is 11.7 Å². The Kier molecular flexibility index (Phi) is 5.15. The van der Waals surface area contributed by atoms with Gasteiger partial charge in [0.25, 0.3) is 0 Å². The molecule has 3 aliphatic rings. The summed E-state index contributed by atoms with van der Waals surface area (Å²) in [6.07, 6.45) is -6.27. The monoisotopic (exact) mass is 447 g/mol. The van der Waals surface area contributed by atoms with E-state index in [2.05, 4.69) is 15.7 Å². The minimum absolute atomic E-state index is 0.0649. The van der Waals surface area contributed by atoms with Crippen LogP contribution in [0.4, 0.5) is 26.3 Å². The molecule has 1 amide bonds. The molecule has 1 spiro atoms. The van der Waals surface area contributed by atoms with E-state index in [1.807, 2.05) is 0 Å². The van der Waals surface area contributed by atoms with E-state index in [9.17, 15) is 31.1 Å². The first-order valence-electron chi connectivity index (χ1n) is 9.51. The first-order valence-corrected chi connectivity index (χ1v) is 9.51. The average Bonchev–Trinajstić information content (AvgIpc) is 3.32. The van der Waals surface area contributed by atoms with Crippen LogP contribution in [0, 0.1) is 5.41 Å². The Morgan fingerprint density at radius 2 is 1.71 bits per heavy atom. The third kappa shape index (κ3) is 4.48. The number of hydrogen-bond donors (Lipinski definition) is 2. The number of benzene rings is 1. The lowest BCUT2D eigenvalue weighted by molar-refractivity contribution is -0.143. The number of rotatable bonds is 3. The van der Waals surface area contributed by atoms with Crippen molar-refractivity contribution in [2.24, 2.45) is 10.4 Å². The Morgan fingerprint density at radius 3 is 2.23 bits per heavy atom. The largest absolute Gasteiger partial charge is 0.416 e. The SMILES string of the molecule is O=C(C=CN1CN=C(c2cc(C(F)(F)F)cc(C(F)(F)F)c2)N1)N1CCC2(CNC2)C1. The zero-order valence-electron chi connectivity index (χ0n) is 16.1. The molecule has 6 nitrogen and oxygen atoms in total. The van der Waals surface area contributed by atoms with Crippen LogP contribution >= 0.6 is 0 Å². The molecular weight excluding hydrogens is 428 g/mol. The van der Waals surface area contributed by atoms with Crippen molar-refractivity contribution in [1.82, 2.24) is 20.7 Å². The van der Waals surface area contributed by atoms with Gasteiger partial charge in [-0.2, -0.15) is 26.3 Å². The van der Waals surface area contributed by atoms with Crippen LogP contribution in [0.1, 0.15) is 23.1 Å². The summed E-state index contributed by atoms with van der Waals surface area (Å²) in [6.45, 7) is 2.99. The van der Waals surface area contributed by atoms with Gasteiger partial charge in [0.05, 0.1) is 11.1 Å². The van der Waals surface area contributed by atoms with Crippen LogP contribution in [0.25, 0.3) is 0 Å². The number of alkyl halides is 6. The normalized spacial score (nSPS) is 20.9. The van der Waals surface area contributed by atoms with Crippen LogP contribution in [0.3, 0.4) is 0 Å². The lowest BCUT2D eigenvalue weighted by atomic mass is 9.81.